The molecule has 1 unspecified atom stereocenters. The third-order valence-electron chi connectivity index (χ3n) is 2.30. The molecule has 2 aromatic rings. The van der Waals surface area contributed by atoms with E-state index in [0.29, 0.717) is 6.54 Å². The van der Waals surface area contributed by atoms with Crippen LogP contribution < -0.4 is 11.1 Å². The van der Waals surface area contributed by atoms with Gasteiger partial charge in [0.15, 0.2) is 0 Å². The van der Waals surface area contributed by atoms with E-state index in [1.54, 1.807) is 5.51 Å². The zero-order valence-electron chi connectivity index (χ0n) is 8.84. The van der Waals surface area contributed by atoms with Crippen LogP contribution >= 0.6 is 11.3 Å². The van der Waals surface area contributed by atoms with Gasteiger partial charge < -0.3 is 11.1 Å². The first kappa shape index (κ1) is 11.0. The summed E-state index contributed by atoms with van der Waals surface area (Å²) in [6, 6.07) is 10.5. The van der Waals surface area contributed by atoms with Gasteiger partial charge in [0.1, 0.15) is 5.51 Å². The van der Waals surface area contributed by atoms with Crippen molar-refractivity contribution in [3.8, 4) is 0 Å². The summed E-state index contributed by atoms with van der Waals surface area (Å²) in [5.74, 6) is 0. The normalized spacial score (nSPS) is 12.3. The van der Waals surface area contributed by atoms with Gasteiger partial charge in [-0.1, -0.05) is 41.7 Å². The van der Waals surface area contributed by atoms with Crippen molar-refractivity contribution in [2.24, 2.45) is 5.73 Å². The highest BCUT2D eigenvalue weighted by Gasteiger charge is 2.08. The summed E-state index contributed by atoms with van der Waals surface area (Å²) >= 11 is 1.49. The fourth-order valence-corrected chi connectivity index (χ4v) is 2.03. The molecule has 84 valence electrons. The van der Waals surface area contributed by atoms with Gasteiger partial charge in [0.2, 0.25) is 5.13 Å². The van der Waals surface area contributed by atoms with Gasteiger partial charge >= 0.3 is 0 Å². The molecule has 0 radical (unpaired) electrons. The first-order valence-electron chi connectivity index (χ1n) is 5.15. The van der Waals surface area contributed by atoms with Crippen molar-refractivity contribution in [2.45, 2.75) is 12.5 Å². The Bertz CT molecular complexity index is 401. The zero-order chi connectivity index (χ0) is 11.2. The summed E-state index contributed by atoms with van der Waals surface area (Å²) in [6.45, 7) is 0.578. The largest absolute Gasteiger partial charge is 0.356 e. The smallest absolute Gasteiger partial charge is 0.205 e. The third kappa shape index (κ3) is 3.01. The van der Waals surface area contributed by atoms with Gasteiger partial charge in [0.25, 0.3) is 0 Å². The van der Waals surface area contributed by atoms with E-state index in [1.807, 2.05) is 18.2 Å². The van der Waals surface area contributed by atoms with Crippen LogP contribution in [-0.4, -0.2) is 22.8 Å². The van der Waals surface area contributed by atoms with Crippen molar-refractivity contribution in [3.63, 3.8) is 0 Å². The Labute approximate surface area is 98.5 Å². The SMILES string of the molecule is NCC(Cc1ccccc1)Nc1nncs1. The lowest BCUT2D eigenvalue weighted by molar-refractivity contribution is 0.721. The van der Waals surface area contributed by atoms with Crippen LogP contribution in [0.2, 0.25) is 0 Å². The number of nitrogens with two attached hydrogens (primary N) is 1. The Morgan fingerprint density at radius 1 is 1.31 bits per heavy atom. The van der Waals surface area contributed by atoms with Crippen molar-refractivity contribution in [1.29, 1.82) is 0 Å². The van der Waals surface area contributed by atoms with Gasteiger partial charge in [-0.15, -0.1) is 10.2 Å². The Kier molecular flexibility index (Phi) is 3.85. The average molecular weight is 234 g/mol. The fourth-order valence-electron chi connectivity index (χ4n) is 1.50. The molecule has 0 aliphatic carbocycles. The highest BCUT2D eigenvalue weighted by Crippen LogP contribution is 2.12. The fraction of sp³-hybridized carbons (Fsp3) is 0.273. The molecule has 0 amide bonds. The summed E-state index contributed by atoms with van der Waals surface area (Å²) in [6.07, 6.45) is 0.900. The first-order chi connectivity index (χ1) is 7.88. The zero-order valence-corrected chi connectivity index (χ0v) is 9.65. The number of rotatable bonds is 5. The van der Waals surface area contributed by atoms with Gasteiger partial charge in [-0.3, -0.25) is 0 Å². The summed E-state index contributed by atoms with van der Waals surface area (Å²) in [4.78, 5) is 0. The molecular formula is C11H14N4S. The van der Waals surface area contributed by atoms with Crippen LogP contribution in [0.5, 0.6) is 0 Å². The molecule has 2 rings (SSSR count). The van der Waals surface area contributed by atoms with E-state index in [2.05, 4.69) is 27.6 Å². The molecule has 0 saturated carbocycles. The van der Waals surface area contributed by atoms with Gasteiger partial charge in [-0.2, -0.15) is 0 Å². The Hall–Kier alpha value is -1.46. The van der Waals surface area contributed by atoms with E-state index in [4.69, 9.17) is 5.73 Å². The van der Waals surface area contributed by atoms with Crippen LogP contribution in [0.15, 0.2) is 35.8 Å². The molecule has 3 N–H and O–H groups in total. The van der Waals surface area contributed by atoms with Crippen molar-refractivity contribution < 1.29 is 0 Å². The monoisotopic (exact) mass is 234 g/mol. The second kappa shape index (κ2) is 5.58. The van der Waals surface area contributed by atoms with Gasteiger partial charge in [-0.05, 0) is 12.0 Å². The summed E-state index contributed by atoms with van der Waals surface area (Å²) in [5, 5.41) is 11.8. The van der Waals surface area contributed by atoms with Crippen LogP contribution in [0.3, 0.4) is 0 Å². The molecule has 1 aromatic carbocycles. The molecule has 0 aliphatic heterocycles. The Morgan fingerprint density at radius 2 is 2.12 bits per heavy atom. The number of anilines is 1. The number of nitrogens with one attached hydrogen (secondary N) is 1. The number of aromatic nitrogens is 2. The second-order valence-electron chi connectivity index (χ2n) is 3.51. The van der Waals surface area contributed by atoms with Gasteiger partial charge in [0, 0.05) is 12.6 Å². The van der Waals surface area contributed by atoms with E-state index >= 15 is 0 Å². The van der Waals surface area contributed by atoms with Crippen molar-refractivity contribution in [3.05, 3.63) is 41.4 Å². The van der Waals surface area contributed by atoms with Crippen LogP contribution in [0.25, 0.3) is 0 Å². The molecule has 4 nitrogen and oxygen atoms in total. The second-order valence-corrected chi connectivity index (χ2v) is 4.34. The highest BCUT2D eigenvalue weighted by molar-refractivity contribution is 7.13. The molecule has 0 fully saturated rings. The minimum Gasteiger partial charge on any atom is -0.356 e. The van der Waals surface area contributed by atoms with Crippen LogP contribution in [-0.2, 0) is 6.42 Å². The lowest BCUT2D eigenvalue weighted by Crippen LogP contribution is -2.30. The van der Waals surface area contributed by atoms with Crippen LogP contribution in [0, 0.1) is 0 Å². The van der Waals surface area contributed by atoms with Crippen molar-refractivity contribution >= 4 is 16.5 Å². The maximum Gasteiger partial charge on any atom is 0.205 e. The van der Waals surface area contributed by atoms with E-state index in [1.165, 1.54) is 16.9 Å². The molecule has 1 atom stereocenters. The van der Waals surface area contributed by atoms with E-state index in [0.717, 1.165) is 11.6 Å². The topological polar surface area (TPSA) is 63.8 Å². The summed E-state index contributed by atoms with van der Waals surface area (Å²) in [5.41, 5.74) is 8.71. The van der Waals surface area contributed by atoms with E-state index < -0.39 is 0 Å². The minimum atomic E-state index is 0.204. The van der Waals surface area contributed by atoms with Gasteiger partial charge in [-0.25, -0.2) is 0 Å². The van der Waals surface area contributed by atoms with Gasteiger partial charge in [0.05, 0.1) is 0 Å². The van der Waals surface area contributed by atoms with Crippen LogP contribution in [0.4, 0.5) is 5.13 Å². The van der Waals surface area contributed by atoms with Crippen LogP contribution in [0.1, 0.15) is 5.56 Å². The minimum absolute atomic E-state index is 0.204. The lowest BCUT2D eigenvalue weighted by Gasteiger charge is -2.15. The van der Waals surface area contributed by atoms with Crippen molar-refractivity contribution in [1.82, 2.24) is 10.2 Å². The molecule has 5 heteroatoms. The summed E-state index contributed by atoms with van der Waals surface area (Å²) < 4.78 is 0. The molecule has 1 aromatic heterocycles. The molecule has 1 heterocycles. The molecular weight excluding hydrogens is 220 g/mol. The first-order valence-corrected chi connectivity index (χ1v) is 6.03. The number of nitrogens with zero attached hydrogens (tertiary/aromatic N) is 2. The van der Waals surface area contributed by atoms with E-state index in [-0.39, 0.29) is 6.04 Å². The molecule has 0 spiro atoms. The lowest BCUT2D eigenvalue weighted by atomic mass is 10.1. The average Bonchev–Trinajstić information content (AvgIpc) is 2.82. The predicted octanol–water partition coefficient (Wildman–Crippen LogP) is 1.52. The molecule has 16 heavy (non-hydrogen) atoms. The predicted molar refractivity (Wildman–Crippen MR) is 66.5 cm³/mol. The molecule has 0 bridgehead atoms. The standard InChI is InChI=1S/C11H14N4S/c12-7-10(14-11-15-13-8-16-11)6-9-4-2-1-3-5-9/h1-5,8,10H,6-7,12H2,(H,14,15). The van der Waals surface area contributed by atoms with Crippen molar-refractivity contribution in [2.75, 3.05) is 11.9 Å². The molecule has 0 aliphatic rings. The number of hydrogen-bond acceptors (Lipinski definition) is 5. The Balaban J connectivity index is 1.96. The molecule has 0 saturated heterocycles. The van der Waals surface area contributed by atoms with E-state index in [9.17, 15) is 0 Å². The Morgan fingerprint density at radius 3 is 2.75 bits per heavy atom. The third-order valence-corrected chi connectivity index (χ3v) is 2.92. The number of hydrogen-bond donors (Lipinski definition) is 2. The summed E-state index contributed by atoms with van der Waals surface area (Å²) in [7, 11) is 0. The quantitative estimate of drug-likeness (QED) is 0.823. The number of benzene rings is 1. The maximum absolute atomic E-state index is 5.73. The maximum atomic E-state index is 5.73. The highest BCUT2D eigenvalue weighted by atomic mass is 32.1.